The molecule has 86 valence electrons. The first-order chi connectivity index (χ1) is 7.15. The van der Waals surface area contributed by atoms with Crippen LogP contribution < -0.4 is 5.32 Å². The molecule has 1 N–H and O–H groups in total. The van der Waals surface area contributed by atoms with Gasteiger partial charge in [-0.3, -0.25) is 0 Å². The van der Waals surface area contributed by atoms with Crippen molar-refractivity contribution in [2.75, 3.05) is 23.9 Å². The van der Waals surface area contributed by atoms with E-state index in [1.54, 1.807) is 0 Å². The molecule has 0 amide bonds. The van der Waals surface area contributed by atoms with Crippen LogP contribution in [0.25, 0.3) is 0 Å². The van der Waals surface area contributed by atoms with Crippen LogP contribution in [0.3, 0.4) is 0 Å². The second-order valence-electron chi connectivity index (χ2n) is 4.24. The van der Waals surface area contributed by atoms with Gasteiger partial charge in [0.1, 0.15) is 0 Å². The highest BCUT2D eigenvalue weighted by atomic mass is 32.2. The standard InChI is InChI=1S/C11H21N3S/c1-9(2)7-13-11-12-5-6-14(11)10(3)8-15-4/h5-6,9-10H,7-8H2,1-4H3,(H,12,13). The maximum absolute atomic E-state index is 4.33. The molecule has 0 aliphatic heterocycles. The lowest BCUT2D eigenvalue weighted by Crippen LogP contribution is -2.15. The van der Waals surface area contributed by atoms with Crippen LogP contribution in [0.15, 0.2) is 12.4 Å². The third-order valence-corrected chi connectivity index (χ3v) is 3.04. The molecule has 0 fully saturated rings. The maximum Gasteiger partial charge on any atom is 0.203 e. The summed E-state index contributed by atoms with van der Waals surface area (Å²) < 4.78 is 2.21. The SMILES string of the molecule is CSCC(C)n1ccnc1NCC(C)C. The van der Waals surface area contributed by atoms with E-state index in [1.807, 2.05) is 24.2 Å². The van der Waals surface area contributed by atoms with Crippen LogP contribution in [0.1, 0.15) is 26.8 Å². The molecule has 0 saturated carbocycles. The zero-order valence-electron chi connectivity index (χ0n) is 10.0. The molecule has 1 heterocycles. The molecule has 4 heteroatoms. The topological polar surface area (TPSA) is 29.9 Å². The third kappa shape index (κ3) is 3.78. The highest BCUT2D eigenvalue weighted by Gasteiger charge is 2.08. The Morgan fingerprint density at radius 2 is 2.20 bits per heavy atom. The van der Waals surface area contributed by atoms with Crippen molar-refractivity contribution in [3.05, 3.63) is 12.4 Å². The Bertz CT molecular complexity index is 283. The largest absolute Gasteiger partial charge is 0.355 e. The molecule has 1 aromatic rings. The van der Waals surface area contributed by atoms with Crippen molar-refractivity contribution in [2.45, 2.75) is 26.8 Å². The minimum atomic E-state index is 0.497. The van der Waals surface area contributed by atoms with Crippen molar-refractivity contribution >= 4 is 17.7 Å². The number of imidazole rings is 1. The smallest absolute Gasteiger partial charge is 0.203 e. The molecular weight excluding hydrogens is 206 g/mol. The van der Waals surface area contributed by atoms with E-state index < -0.39 is 0 Å². The average Bonchev–Trinajstić information content (AvgIpc) is 2.62. The summed E-state index contributed by atoms with van der Waals surface area (Å²) >= 11 is 1.86. The number of rotatable bonds is 6. The highest BCUT2D eigenvalue weighted by molar-refractivity contribution is 7.98. The van der Waals surface area contributed by atoms with Crippen LogP contribution in [0, 0.1) is 5.92 Å². The van der Waals surface area contributed by atoms with Crippen LogP contribution in [-0.4, -0.2) is 28.1 Å². The highest BCUT2D eigenvalue weighted by Crippen LogP contribution is 2.17. The van der Waals surface area contributed by atoms with E-state index in [4.69, 9.17) is 0 Å². The summed E-state index contributed by atoms with van der Waals surface area (Å²) in [4.78, 5) is 4.33. The Morgan fingerprint density at radius 3 is 2.80 bits per heavy atom. The molecular formula is C11H21N3S. The van der Waals surface area contributed by atoms with Gasteiger partial charge in [0.05, 0.1) is 0 Å². The molecule has 1 unspecified atom stereocenters. The summed E-state index contributed by atoms with van der Waals surface area (Å²) in [6.45, 7) is 7.60. The number of aromatic nitrogens is 2. The van der Waals surface area contributed by atoms with Crippen LogP contribution in [0.5, 0.6) is 0 Å². The molecule has 0 aliphatic carbocycles. The van der Waals surface area contributed by atoms with E-state index >= 15 is 0 Å². The molecule has 0 saturated heterocycles. The van der Waals surface area contributed by atoms with Gasteiger partial charge in [0.15, 0.2) is 0 Å². The number of nitrogens with zero attached hydrogens (tertiary/aromatic N) is 2. The first-order valence-electron chi connectivity index (χ1n) is 5.40. The fourth-order valence-electron chi connectivity index (χ4n) is 1.42. The Hall–Kier alpha value is -0.640. The lowest BCUT2D eigenvalue weighted by Gasteiger charge is -2.16. The Balaban J connectivity index is 2.60. The second kappa shape index (κ2) is 6.05. The molecule has 0 aliphatic rings. The zero-order chi connectivity index (χ0) is 11.3. The van der Waals surface area contributed by atoms with E-state index in [-0.39, 0.29) is 0 Å². The normalized spacial score (nSPS) is 13.1. The maximum atomic E-state index is 4.33. The lowest BCUT2D eigenvalue weighted by molar-refractivity contribution is 0.605. The molecule has 0 radical (unpaired) electrons. The van der Waals surface area contributed by atoms with E-state index in [9.17, 15) is 0 Å². The first kappa shape index (κ1) is 12.4. The van der Waals surface area contributed by atoms with Crippen molar-refractivity contribution in [1.82, 2.24) is 9.55 Å². The van der Waals surface area contributed by atoms with Crippen LogP contribution in [-0.2, 0) is 0 Å². The Labute approximate surface area is 96.7 Å². The monoisotopic (exact) mass is 227 g/mol. The van der Waals surface area contributed by atoms with E-state index in [0.29, 0.717) is 12.0 Å². The van der Waals surface area contributed by atoms with Gasteiger partial charge in [-0.05, 0) is 19.1 Å². The van der Waals surface area contributed by atoms with E-state index in [1.165, 1.54) is 0 Å². The summed E-state index contributed by atoms with van der Waals surface area (Å²) in [5, 5.41) is 3.37. The predicted molar refractivity (Wildman–Crippen MR) is 68.6 cm³/mol. The molecule has 0 aromatic carbocycles. The van der Waals surface area contributed by atoms with Crippen molar-refractivity contribution in [1.29, 1.82) is 0 Å². The van der Waals surface area contributed by atoms with Gasteiger partial charge in [0.25, 0.3) is 0 Å². The number of anilines is 1. The summed E-state index contributed by atoms with van der Waals surface area (Å²) in [5.74, 6) is 2.75. The predicted octanol–water partition coefficient (Wildman–Crippen LogP) is 2.88. The zero-order valence-corrected chi connectivity index (χ0v) is 10.8. The quantitative estimate of drug-likeness (QED) is 0.810. The van der Waals surface area contributed by atoms with Crippen LogP contribution in [0.4, 0.5) is 5.95 Å². The molecule has 3 nitrogen and oxygen atoms in total. The summed E-state index contributed by atoms with van der Waals surface area (Å²) in [7, 11) is 0. The third-order valence-electron chi connectivity index (χ3n) is 2.22. The van der Waals surface area contributed by atoms with Gasteiger partial charge in [-0.25, -0.2) is 4.98 Å². The second-order valence-corrected chi connectivity index (χ2v) is 5.15. The van der Waals surface area contributed by atoms with Crippen molar-refractivity contribution in [3.63, 3.8) is 0 Å². The van der Waals surface area contributed by atoms with Gasteiger partial charge in [0, 0.05) is 30.7 Å². The molecule has 0 spiro atoms. The van der Waals surface area contributed by atoms with E-state index in [2.05, 4.69) is 41.9 Å². The van der Waals surface area contributed by atoms with Gasteiger partial charge >= 0.3 is 0 Å². The number of nitrogens with one attached hydrogen (secondary N) is 1. The number of hydrogen-bond acceptors (Lipinski definition) is 3. The minimum Gasteiger partial charge on any atom is -0.355 e. The Kier molecular flexibility index (Phi) is 5.02. The summed E-state index contributed by atoms with van der Waals surface area (Å²) in [6, 6.07) is 0.497. The molecule has 1 atom stereocenters. The number of thioether (sulfide) groups is 1. The number of hydrogen-bond donors (Lipinski definition) is 1. The molecule has 1 aromatic heterocycles. The minimum absolute atomic E-state index is 0.497. The average molecular weight is 227 g/mol. The van der Waals surface area contributed by atoms with Crippen LogP contribution in [0.2, 0.25) is 0 Å². The van der Waals surface area contributed by atoms with Crippen molar-refractivity contribution in [2.24, 2.45) is 5.92 Å². The Morgan fingerprint density at radius 1 is 1.47 bits per heavy atom. The molecule has 1 rings (SSSR count). The van der Waals surface area contributed by atoms with Gasteiger partial charge in [-0.1, -0.05) is 13.8 Å². The summed E-state index contributed by atoms with van der Waals surface area (Å²) in [6.07, 6.45) is 6.04. The summed E-state index contributed by atoms with van der Waals surface area (Å²) in [5.41, 5.74) is 0. The van der Waals surface area contributed by atoms with Gasteiger partial charge < -0.3 is 9.88 Å². The fraction of sp³-hybridized carbons (Fsp3) is 0.727. The van der Waals surface area contributed by atoms with Crippen LogP contribution >= 0.6 is 11.8 Å². The fourth-order valence-corrected chi connectivity index (χ4v) is 2.07. The first-order valence-corrected chi connectivity index (χ1v) is 6.80. The van der Waals surface area contributed by atoms with Gasteiger partial charge in [-0.15, -0.1) is 0 Å². The van der Waals surface area contributed by atoms with Gasteiger partial charge in [0.2, 0.25) is 5.95 Å². The molecule has 0 bridgehead atoms. The van der Waals surface area contributed by atoms with Crippen molar-refractivity contribution in [3.8, 4) is 0 Å². The molecule has 15 heavy (non-hydrogen) atoms. The van der Waals surface area contributed by atoms with Gasteiger partial charge in [-0.2, -0.15) is 11.8 Å². The van der Waals surface area contributed by atoms with E-state index in [0.717, 1.165) is 18.2 Å². The van der Waals surface area contributed by atoms with Crippen molar-refractivity contribution < 1.29 is 0 Å². The lowest BCUT2D eigenvalue weighted by atomic mass is 10.2.